The number of likely N-dealkylation sites (tertiary alicyclic amines) is 1. The van der Waals surface area contributed by atoms with Crippen LogP contribution in [0.25, 0.3) is 10.8 Å². The number of nitrogens with zero attached hydrogens (tertiary/aromatic N) is 1. The van der Waals surface area contributed by atoms with E-state index in [2.05, 4.69) is 35.4 Å². The third kappa shape index (κ3) is 5.62. The fourth-order valence-corrected chi connectivity index (χ4v) is 4.97. The van der Waals surface area contributed by atoms with Crippen LogP contribution < -0.4 is 20.1 Å². The van der Waals surface area contributed by atoms with E-state index < -0.39 is 6.04 Å². The van der Waals surface area contributed by atoms with Crippen molar-refractivity contribution in [2.75, 3.05) is 19.9 Å². The summed E-state index contributed by atoms with van der Waals surface area (Å²) in [7, 11) is 0. The summed E-state index contributed by atoms with van der Waals surface area (Å²) in [6.07, 6.45) is 1.46. The van der Waals surface area contributed by atoms with Crippen molar-refractivity contribution in [3.05, 3.63) is 71.8 Å². The first-order valence-electron chi connectivity index (χ1n) is 12.7. The number of ether oxygens (including phenoxy) is 2. The quantitative estimate of drug-likeness (QED) is 0.500. The standard InChI is InChI=1S/C29H33N3O4/c1-19(2)13-25(31-28(33)23-9-8-21-5-3-4-6-22(21)15-23)29(34)30-24-11-12-32(17-24)16-20-7-10-26-27(14-20)36-18-35-26/h3-10,14-15,19,24-25H,11-13,16-18H2,1-2H3,(H,30,34)(H,31,33)/t24-,25-/m0/s1. The van der Waals surface area contributed by atoms with E-state index in [0.717, 1.165) is 53.9 Å². The molecule has 36 heavy (non-hydrogen) atoms. The van der Waals surface area contributed by atoms with Crippen LogP contribution in [-0.4, -0.2) is 48.7 Å². The number of hydrogen-bond donors (Lipinski definition) is 2. The van der Waals surface area contributed by atoms with Crippen LogP contribution in [0, 0.1) is 5.92 Å². The third-order valence-electron chi connectivity index (χ3n) is 6.80. The minimum absolute atomic E-state index is 0.0544. The van der Waals surface area contributed by atoms with E-state index in [-0.39, 0.29) is 30.6 Å². The van der Waals surface area contributed by atoms with Gasteiger partial charge in [0.1, 0.15) is 6.04 Å². The van der Waals surface area contributed by atoms with E-state index in [0.29, 0.717) is 12.0 Å². The molecule has 0 bridgehead atoms. The average Bonchev–Trinajstić information content (AvgIpc) is 3.52. The molecular weight excluding hydrogens is 454 g/mol. The van der Waals surface area contributed by atoms with Gasteiger partial charge in [0.2, 0.25) is 12.7 Å². The van der Waals surface area contributed by atoms with E-state index in [9.17, 15) is 9.59 Å². The van der Waals surface area contributed by atoms with E-state index in [1.54, 1.807) is 0 Å². The molecule has 7 nitrogen and oxygen atoms in total. The van der Waals surface area contributed by atoms with E-state index in [1.165, 1.54) is 0 Å². The van der Waals surface area contributed by atoms with Crippen molar-refractivity contribution in [3.63, 3.8) is 0 Å². The lowest BCUT2D eigenvalue weighted by Crippen LogP contribution is -2.50. The van der Waals surface area contributed by atoms with E-state index in [4.69, 9.17) is 9.47 Å². The van der Waals surface area contributed by atoms with Crippen molar-refractivity contribution in [2.24, 2.45) is 5.92 Å². The van der Waals surface area contributed by atoms with Crippen molar-refractivity contribution >= 4 is 22.6 Å². The molecule has 1 saturated heterocycles. The predicted octanol–water partition coefficient (Wildman–Crippen LogP) is 4.10. The summed E-state index contributed by atoms with van der Waals surface area (Å²) in [6.45, 7) is 6.85. The van der Waals surface area contributed by atoms with Crippen LogP contribution in [0.2, 0.25) is 0 Å². The zero-order valence-electron chi connectivity index (χ0n) is 20.8. The average molecular weight is 488 g/mol. The largest absolute Gasteiger partial charge is 0.454 e. The number of fused-ring (bicyclic) bond motifs is 2. The SMILES string of the molecule is CC(C)C[C@H](NC(=O)c1ccc2ccccc2c1)C(=O)N[C@H]1CCN(Cc2ccc3c(c2)OCO3)C1. The van der Waals surface area contributed by atoms with Crippen LogP contribution in [0.4, 0.5) is 0 Å². The Morgan fingerprint density at radius 1 is 1.00 bits per heavy atom. The molecule has 2 N–H and O–H groups in total. The number of hydrogen-bond acceptors (Lipinski definition) is 5. The van der Waals surface area contributed by atoms with E-state index >= 15 is 0 Å². The lowest BCUT2D eigenvalue weighted by atomic mass is 10.0. The zero-order valence-corrected chi connectivity index (χ0v) is 20.8. The van der Waals surface area contributed by atoms with Gasteiger partial charge in [-0.15, -0.1) is 0 Å². The van der Waals surface area contributed by atoms with Gasteiger partial charge in [-0.3, -0.25) is 14.5 Å². The highest BCUT2D eigenvalue weighted by Gasteiger charge is 2.29. The second kappa shape index (κ2) is 10.6. The Morgan fingerprint density at radius 2 is 1.81 bits per heavy atom. The van der Waals surface area contributed by atoms with Crippen LogP contribution in [0.15, 0.2) is 60.7 Å². The number of carbonyl (C=O) groups is 2. The lowest BCUT2D eigenvalue weighted by Gasteiger charge is -2.23. The number of amides is 2. The zero-order chi connectivity index (χ0) is 25.1. The maximum absolute atomic E-state index is 13.2. The maximum atomic E-state index is 13.2. The van der Waals surface area contributed by atoms with Gasteiger partial charge in [0.25, 0.3) is 5.91 Å². The first-order chi connectivity index (χ1) is 17.4. The van der Waals surface area contributed by atoms with Gasteiger partial charge in [-0.2, -0.15) is 0 Å². The van der Waals surface area contributed by atoms with Crippen molar-refractivity contribution in [1.29, 1.82) is 0 Å². The van der Waals surface area contributed by atoms with Gasteiger partial charge in [-0.25, -0.2) is 0 Å². The van der Waals surface area contributed by atoms with E-state index in [1.807, 2.05) is 54.6 Å². The van der Waals surface area contributed by atoms with Crippen LogP contribution in [0.1, 0.15) is 42.6 Å². The monoisotopic (exact) mass is 487 g/mol. The third-order valence-corrected chi connectivity index (χ3v) is 6.80. The van der Waals surface area contributed by atoms with Gasteiger partial charge >= 0.3 is 0 Å². The maximum Gasteiger partial charge on any atom is 0.251 e. The second-order valence-corrected chi connectivity index (χ2v) is 10.1. The van der Waals surface area contributed by atoms with Crippen LogP contribution >= 0.6 is 0 Å². The molecule has 2 atom stereocenters. The minimum Gasteiger partial charge on any atom is -0.454 e. The van der Waals surface area contributed by atoms with Gasteiger partial charge in [0.05, 0.1) is 0 Å². The van der Waals surface area contributed by atoms with Crippen molar-refractivity contribution in [3.8, 4) is 11.5 Å². The summed E-state index contributed by atoms with van der Waals surface area (Å²) in [5.74, 6) is 1.50. The topological polar surface area (TPSA) is 79.9 Å². The normalized spacial score (nSPS) is 17.9. The first-order valence-corrected chi connectivity index (χ1v) is 12.7. The summed E-state index contributed by atoms with van der Waals surface area (Å²) in [6, 6.07) is 19.1. The van der Waals surface area contributed by atoms with Gasteiger partial charge in [-0.05, 0) is 59.4 Å². The smallest absolute Gasteiger partial charge is 0.251 e. The molecule has 2 heterocycles. The van der Waals surface area contributed by atoms with Gasteiger partial charge in [0, 0.05) is 31.2 Å². The molecule has 0 aromatic heterocycles. The highest BCUT2D eigenvalue weighted by molar-refractivity contribution is 6.00. The molecule has 3 aromatic carbocycles. The summed E-state index contributed by atoms with van der Waals surface area (Å²) < 4.78 is 10.9. The Morgan fingerprint density at radius 3 is 2.64 bits per heavy atom. The summed E-state index contributed by atoms with van der Waals surface area (Å²) in [4.78, 5) is 28.6. The van der Waals surface area contributed by atoms with Gasteiger partial charge < -0.3 is 20.1 Å². The molecule has 0 unspecified atom stereocenters. The Hall–Kier alpha value is -3.58. The Bertz CT molecular complexity index is 1260. The summed E-state index contributed by atoms with van der Waals surface area (Å²) in [5.41, 5.74) is 1.72. The molecular formula is C29H33N3O4. The number of rotatable bonds is 8. The number of nitrogens with one attached hydrogen (secondary N) is 2. The van der Waals surface area contributed by atoms with Crippen molar-refractivity contribution < 1.29 is 19.1 Å². The van der Waals surface area contributed by atoms with Crippen LogP contribution in [-0.2, 0) is 11.3 Å². The molecule has 1 fully saturated rings. The van der Waals surface area contributed by atoms with Gasteiger partial charge in [-0.1, -0.05) is 50.2 Å². The molecule has 5 rings (SSSR count). The second-order valence-electron chi connectivity index (χ2n) is 10.1. The van der Waals surface area contributed by atoms with Crippen molar-refractivity contribution in [2.45, 2.75) is 45.3 Å². The molecule has 0 aliphatic carbocycles. The van der Waals surface area contributed by atoms with Crippen LogP contribution in [0.3, 0.4) is 0 Å². The molecule has 3 aromatic rings. The fraction of sp³-hybridized carbons (Fsp3) is 0.379. The molecule has 7 heteroatoms. The first kappa shape index (κ1) is 24.1. The predicted molar refractivity (Wildman–Crippen MR) is 139 cm³/mol. The highest BCUT2D eigenvalue weighted by atomic mass is 16.7. The molecule has 2 aliphatic rings. The van der Waals surface area contributed by atoms with Gasteiger partial charge in [0.15, 0.2) is 11.5 Å². The Balaban J connectivity index is 1.18. The molecule has 188 valence electrons. The summed E-state index contributed by atoms with van der Waals surface area (Å²) >= 11 is 0. The number of carbonyl (C=O) groups excluding carboxylic acids is 2. The fourth-order valence-electron chi connectivity index (χ4n) is 4.97. The summed E-state index contributed by atoms with van der Waals surface area (Å²) in [5, 5.41) is 8.26. The molecule has 0 radical (unpaired) electrons. The Labute approximate surface area is 211 Å². The van der Waals surface area contributed by atoms with Crippen LogP contribution in [0.5, 0.6) is 11.5 Å². The molecule has 0 spiro atoms. The molecule has 2 amide bonds. The van der Waals surface area contributed by atoms with Crippen molar-refractivity contribution in [1.82, 2.24) is 15.5 Å². The highest BCUT2D eigenvalue weighted by Crippen LogP contribution is 2.33. The number of benzene rings is 3. The molecule has 2 aliphatic heterocycles. The lowest BCUT2D eigenvalue weighted by molar-refractivity contribution is -0.124. The minimum atomic E-state index is -0.577. The Kier molecular flexibility index (Phi) is 7.09. The molecule has 0 saturated carbocycles.